The Hall–Kier alpha value is -0.600. The largest absolute Gasteiger partial charge is 0.436 e. The van der Waals surface area contributed by atoms with Crippen molar-refractivity contribution in [1.29, 1.82) is 0 Å². The van der Waals surface area contributed by atoms with E-state index in [2.05, 4.69) is 21.0 Å². The third-order valence-electron chi connectivity index (χ3n) is 2.01. The lowest BCUT2D eigenvalue weighted by Gasteiger charge is -2.19. The number of aromatic nitrogens is 2. The van der Waals surface area contributed by atoms with Crippen molar-refractivity contribution in [2.75, 3.05) is 6.61 Å². The van der Waals surface area contributed by atoms with Gasteiger partial charge >= 0.3 is 6.18 Å². The summed E-state index contributed by atoms with van der Waals surface area (Å²) in [6.07, 6.45) is -5.90. The molecule has 1 atom stereocenters. The van der Waals surface area contributed by atoms with E-state index < -0.39 is 18.2 Å². The number of aliphatic hydroxyl groups excluding tert-OH is 1. The minimum atomic E-state index is -4.54. The molecule has 1 aliphatic heterocycles. The van der Waals surface area contributed by atoms with Gasteiger partial charge in [-0.05, 0) is 15.9 Å². The second-order valence-corrected chi connectivity index (χ2v) is 3.78. The molecule has 2 heterocycles. The molecule has 15 heavy (non-hydrogen) atoms. The fourth-order valence-electron chi connectivity index (χ4n) is 1.37. The highest BCUT2D eigenvalue weighted by Gasteiger charge is 2.40. The Bertz CT molecular complexity index is 390. The van der Waals surface area contributed by atoms with Gasteiger partial charge in [0.2, 0.25) is 0 Å². The zero-order valence-electron chi connectivity index (χ0n) is 7.25. The number of rotatable bonds is 0. The predicted molar refractivity (Wildman–Crippen MR) is 45.8 cm³/mol. The van der Waals surface area contributed by atoms with Crippen molar-refractivity contribution in [3.05, 3.63) is 15.9 Å². The fourth-order valence-corrected chi connectivity index (χ4v) is 2.07. The minimum absolute atomic E-state index is 0.00794. The van der Waals surface area contributed by atoms with Gasteiger partial charge in [-0.2, -0.15) is 18.3 Å². The quantitative estimate of drug-likeness (QED) is 0.789. The maximum absolute atomic E-state index is 12.4. The maximum Gasteiger partial charge on any atom is 0.436 e. The molecule has 1 aliphatic rings. The lowest BCUT2D eigenvalue weighted by molar-refractivity contribution is -0.142. The van der Waals surface area contributed by atoms with Gasteiger partial charge < -0.3 is 9.84 Å². The summed E-state index contributed by atoms with van der Waals surface area (Å²) in [4.78, 5) is 0. The molecule has 1 aromatic heterocycles. The first-order chi connectivity index (χ1) is 6.91. The molecule has 4 nitrogen and oxygen atoms in total. The van der Waals surface area contributed by atoms with E-state index in [-0.39, 0.29) is 23.3 Å². The summed E-state index contributed by atoms with van der Waals surface area (Å²) in [6.45, 7) is 0.334. The van der Waals surface area contributed by atoms with Crippen molar-refractivity contribution in [2.24, 2.45) is 0 Å². The Morgan fingerprint density at radius 2 is 2.20 bits per heavy atom. The Morgan fingerprint density at radius 1 is 1.53 bits per heavy atom. The summed E-state index contributed by atoms with van der Waals surface area (Å²) in [5, 5.41) is 12.7. The van der Waals surface area contributed by atoms with Crippen LogP contribution in [0.2, 0.25) is 0 Å². The molecule has 0 saturated carbocycles. The van der Waals surface area contributed by atoms with Gasteiger partial charge in [-0.15, -0.1) is 0 Å². The van der Waals surface area contributed by atoms with Crippen LogP contribution in [0.1, 0.15) is 17.7 Å². The van der Waals surface area contributed by atoms with Crippen LogP contribution in [0.3, 0.4) is 0 Å². The smallest absolute Gasteiger partial charge is 0.363 e. The van der Waals surface area contributed by atoms with Gasteiger partial charge in [0.05, 0.1) is 17.6 Å². The summed E-state index contributed by atoms with van der Waals surface area (Å²) < 4.78 is 42.9. The number of hydrogen-bond acceptors (Lipinski definition) is 3. The van der Waals surface area contributed by atoms with Crippen molar-refractivity contribution in [2.45, 2.75) is 19.0 Å². The van der Waals surface area contributed by atoms with E-state index in [1.165, 1.54) is 0 Å². The molecular weight excluding hydrogens is 281 g/mol. The molecule has 2 rings (SSSR count). The van der Waals surface area contributed by atoms with Crippen LogP contribution in [0.15, 0.2) is 4.47 Å². The maximum atomic E-state index is 12.4. The molecular formula is C7H6BrF3N2O2. The summed E-state index contributed by atoms with van der Waals surface area (Å²) >= 11 is 2.77. The SMILES string of the molecule is OC1OCCn2nc(C(F)(F)F)c(Br)c21. The fraction of sp³-hybridized carbons (Fsp3) is 0.571. The number of fused-ring (bicyclic) bond motifs is 1. The molecule has 0 bridgehead atoms. The van der Waals surface area contributed by atoms with Crippen LogP contribution in [0.4, 0.5) is 13.2 Å². The lowest BCUT2D eigenvalue weighted by atomic mass is 10.3. The second-order valence-electron chi connectivity index (χ2n) is 2.99. The molecule has 8 heteroatoms. The molecule has 0 saturated heterocycles. The normalized spacial score (nSPS) is 21.5. The van der Waals surface area contributed by atoms with Crippen molar-refractivity contribution in [3.63, 3.8) is 0 Å². The molecule has 1 unspecified atom stereocenters. The van der Waals surface area contributed by atoms with E-state index in [1.54, 1.807) is 0 Å². The van der Waals surface area contributed by atoms with Crippen LogP contribution in [0.25, 0.3) is 0 Å². The number of hydrogen-bond donors (Lipinski definition) is 1. The molecule has 0 amide bonds. The molecule has 0 spiro atoms. The molecule has 0 aromatic carbocycles. The number of ether oxygens (including phenoxy) is 1. The second kappa shape index (κ2) is 3.46. The molecule has 0 fully saturated rings. The van der Waals surface area contributed by atoms with Crippen molar-refractivity contribution in [3.8, 4) is 0 Å². The zero-order valence-corrected chi connectivity index (χ0v) is 8.84. The third kappa shape index (κ3) is 1.77. The highest BCUT2D eigenvalue weighted by molar-refractivity contribution is 9.10. The summed E-state index contributed by atoms with van der Waals surface area (Å²) in [5.74, 6) is 0. The van der Waals surface area contributed by atoms with Gasteiger partial charge in [-0.1, -0.05) is 0 Å². The lowest BCUT2D eigenvalue weighted by Crippen LogP contribution is -2.22. The minimum Gasteiger partial charge on any atom is -0.363 e. The van der Waals surface area contributed by atoms with Gasteiger partial charge in [0, 0.05) is 0 Å². The van der Waals surface area contributed by atoms with Crippen LogP contribution in [-0.2, 0) is 17.5 Å². The summed E-state index contributed by atoms with van der Waals surface area (Å²) in [7, 11) is 0. The molecule has 1 N–H and O–H groups in total. The van der Waals surface area contributed by atoms with E-state index in [4.69, 9.17) is 4.74 Å². The highest BCUT2D eigenvalue weighted by atomic mass is 79.9. The average molecular weight is 287 g/mol. The monoisotopic (exact) mass is 286 g/mol. The molecule has 0 radical (unpaired) electrons. The summed E-state index contributed by atoms with van der Waals surface area (Å²) in [5.41, 5.74) is -1.03. The summed E-state index contributed by atoms with van der Waals surface area (Å²) in [6, 6.07) is 0. The van der Waals surface area contributed by atoms with Gasteiger partial charge in [-0.25, -0.2) is 0 Å². The van der Waals surface area contributed by atoms with Crippen molar-refractivity contribution in [1.82, 2.24) is 9.78 Å². The van der Waals surface area contributed by atoms with E-state index in [9.17, 15) is 18.3 Å². The standard InChI is InChI=1S/C7H6BrF3N2O2/c8-3-4-6(14)15-2-1-13(4)12-5(3)7(9,10)11/h6,14H,1-2H2. The average Bonchev–Trinajstić information content (AvgIpc) is 2.44. The van der Waals surface area contributed by atoms with Gasteiger partial charge in [-0.3, -0.25) is 4.68 Å². The van der Waals surface area contributed by atoms with Crippen LogP contribution in [0, 0.1) is 0 Å². The zero-order chi connectivity index (χ0) is 11.2. The third-order valence-corrected chi connectivity index (χ3v) is 2.79. The number of halogens is 4. The first kappa shape index (κ1) is 10.9. The Balaban J connectivity index is 2.53. The topological polar surface area (TPSA) is 47.3 Å². The predicted octanol–water partition coefficient (Wildman–Crippen LogP) is 1.69. The Kier molecular flexibility index (Phi) is 2.52. The number of alkyl halides is 3. The van der Waals surface area contributed by atoms with Crippen molar-refractivity contribution >= 4 is 15.9 Å². The molecule has 84 valence electrons. The molecule has 0 aliphatic carbocycles. The first-order valence-electron chi connectivity index (χ1n) is 4.04. The van der Waals surface area contributed by atoms with Gasteiger partial charge in [0.15, 0.2) is 12.0 Å². The Morgan fingerprint density at radius 3 is 2.73 bits per heavy atom. The van der Waals surface area contributed by atoms with Crippen LogP contribution < -0.4 is 0 Å². The molecule has 1 aromatic rings. The van der Waals surface area contributed by atoms with Gasteiger partial charge in [0.1, 0.15) is 5.69 Å². The van der Waals surface area contributed by atoms with E-state index >= 15 is 0 Å². The highest BCUT2D eigenvalue weighted by Crippen LogP contribution is 2.38. The van der Waals surface area contributed by atoms with E-state index in [1.807, 2.05) is 0 Å². The van der Waals surface area contributed by atoms with Crippen LogP contribution in [-0.4, -0.2) is 21.5 Å². The van der Waals surface area contributed by atoms with E-state index in [0.717, 1.165) is 4.68 Å². The number of nitrogens with zero attached hydrogens (tertiary/aromatic N) is 2. The van der Waals surface area contributed by atoms with E-state index in [0.29, 0.717) is 0 Å². The van der Waals surface area contributed by atoms with Crippen LogP contribution in [0.5, 0.6) is 0 Å². The Labute approximate surface area is 90.8 Å². The van der Waals surface area contributed by atoms with Crippen molar-refractivity contribution < 1.29 is 23.0 Å². The van der Waals surface area contributed by atoms with Gasteiger partial charge in [0.25, 0.3) is 0 Å². The number of aliphatic hydroxyl groups is 1. The van der Waals surface area contributed by atoms with Crippen LogP contribution >= 0.6 is 15.9 Å². The first-order valence-corrected chi connectivity index (χ1v) is 4.83.